The summed E-state index contributed by atoms with van der Waals surface area (Å²) in [5.74, 6) is 0. The van der Waals surface area contributed by atoms with Gasteiger partial charge in [0.2, 0.25) is 0 Å². The van der Waals surface area contributed by atoms with Crippen molar-refractivity contribution < 1.29 is 0 Å². The summed E-state index contributed by atoms with van der Waals surface area (Å²) in [7, 11) is 0. The predicted octanol–water partition coefficient (Wildman–Crippen LogP) is 4.48. The molecular weight excluding hydrogens is 202 g/mol. The molecule has 2 heterocycles. The van der Waals surface area contributed by atoms with Gasteiger partial charge in [0.25, 0.3) is 0 Å². The van der Waals surface area contributed by atoms with Gasteiger partial charge in [-0.15, -0.1) is 11.3 Å². The van der Waals surface area contributed by atoms with Crippen LogP contribution in [0.2, 0.25) is 0 Å². The Kier molecular flexibility index (Phi) is 2.97. The van der Waals surface area contributed by atoms with Gasteiger partial charge in [0.05, 0.1) is 0 Å². The number of rotatable bonds is 0. The van der Waals surface area contributed by atoms with E-state index in [1.165, 1.54) is 15.5 Å². The quantitative estimate of drug-likeness (QED) is 0.539. The Balaban J connectivity index is 0.000000404. The van der Waals surface area contributed by atoms with Crippen molar-refractivity contribution in [1.29, 1.82) is 0 Å². The molecule has 0 N–H and O–H groups in total. The molecule has 0 saturated heterocycles. The molecule has 0 fully saturated rings. The zero-order valence-corrected chi connectivity index (χ0v) is 9.71. The largest absolute Gasteiger partial charge is 0.245 e. The molecule has 0 aliphatic carbocycles. The molecule has 0 radical (unpaired) electrons. The fourth-order valence-corrected chi connectivity index (χ4v) is 2.60. The molecule has 1 aromatic carbocycles. The first-order chi connectivity index (χ1) is 7.45. The van der Waals surface area contributed by atoms with Gasteiger partial charge in [0.1, 0.15) is 4.83 Å². The van der Waals surface area contributed by atoms with Crippen LogP contribution in [-0.2, 0) is 0 Å². The Hall–Kier alpha value is -1.41. The average Bonchev–Trinajstić information content (AvgIpc) is 2.70. The average molecular weight is 215 g/mol. The maximum atomic E-state index is 4.34. The van der Waals surface area contributed by atoms with E-state index < -0.39 is 0 Å². The highest BCUT2D eigenvalue weighted by atomic mass is 32.1. The topological polar surface area (TPSA) is 12.9 Å². The third-order valence-corrected chi connectivity index (χ3v) is 3.25. The zero-order valence-electron chi connectivity index (χ0n) is 8.90. The Morgan fingerprint density at radius 2 is 1.67 bits per heavy atom. The highest BCUT2D eigenvalue weighted by Gasteiger charge is 2.02. The second-order valence-corrected chi connectivity index (χ2v) is 3.98. The molecule has 0 saturated carbocycles. The summed E-state index contributed by atoms with van der Waals surface area (Å²) in [4.78, 5) is 5.47. The Bertz CT molecular complexity index is 518. The molecule has 2 aromatic heterocycles. The lowest BCUT2D eigenvalue weighted by atomic mass is 10.2. The third kappa shape index (κ3) is 1.73. The van der Waals surface area contributed by atoms with Crippen molar-refractivity contribution in [2.24, 2.45) is 0 Å². The lowest BCUT2D eigenvalue weighted by molar-refractivity contribution is 1.45. The molecule has 3 aromatic rings. The highest BCUT2D eigenvalue weighted by molar-refractivity contribution is 7.25. The van der Waals surface area contributed by atoms with Crippen molar-refractivity contribution in [3.63, 3.8) is 0 Å². The van der Waals surface area contributed by atoms with Crippen LogP contribution in [0.4, 0.5) is 0 Å². The van der Waals surface area contributed by atoms with E-state index in [0.29, 0.717) is 0 Å². The number of aromatic nitrogens is 1. The van der Waals surface area contributed by atoms with E-state index in [0.717, 1.165) is 4.83 Å². The third-order valence-electron chi connectivity index (χ3n) is 2.16. The monoisotopic (exact) mass is 215 g/mol. The maximum Gasteiger partial charge on any atom is 0.124 e. The van der Waals surface area contributed by atoms with Gasteiger partial charge in [0.15, 0.2) is 0 Å². The van der Waals surface area contributed by atoms with E-state index in [2.05, 4.69) is 35.3 Å². The fourth-order valence-electron chi connectivity index (χ4n) is 1.56. The van der Waals surface area contributed by atoms with Crippen LogP contribution >= 0.6 is 11.3 Å². The van der Waals surface area contributed by atoms with Gasteiger partial charge in [-0.3, -0.25) is 0 Å². The predicted molar refractivity (Wildman–Crippen MR) is 68.5 cm³/mol. The standard InChI is InChI=1S/C11H7NS.C2H6/c1-2-6-10-8(4-1)9-5-3-7-12-11(9)13-10;1-2/h1-7H;1-2H3. The molecule has 1 nitrogen and oxygen atoms in total. The van der Waals surface area contributed by atoms with Gasteiger partial charge in [0, 0.05) is 21.7 Å². The summed E-state index contributed by atoms with van der Waals surface area (Å²) in [6, 6.07) is 12.5. The van der Waals surface area contributed by atoms with Crippen molar-refractivity contribution in [2.75, 3.05) is 0 Å². The van der Waals surface area contributed by atoms with Crippen molar-refractivity contribution in [3.05, 3.63) is 42.6 Å². The lowest BCUT2D eigenvalue weighted by Crippen LogP contribution is -1.67. The minimum Gasteiger partial charge on any atom is -0.245 e. The fraction of sp³-hybridized carbons (Fsp3) is 0.154. The Labute approximate surface area is 93.4 Å². The Morgan fingerprint density at radius 3 is 2.53 bits per heavy atom. The summed E-state index contributed by atoms with van der Waals surface area (Å²) < 4.78 is 1.32. The minimum absolute atomic E-state index is 1.13. The summed E-state index contributed by atoms with van der Waals surface area (Å²) in [5.41, 5.74) is 0. The molecule has 0 unspecified atom stereocenters. The van der Waals surface area contributed by atoms with Crippen molar-refractivity contribution in [3.8, 4) is 0 Å². The normalized spacial score (nSPS) is 10.0. The molecule has 0 atom stereocenters. The number of pyridine rings is 1. The van der Waals surface area contributed by atoms with Crippen molar-refractivity contribution in [1.82, 2.24) is 4.98 Å². The molecule has 15 heavy (non-hydrogen) atoms. The van der Waals surface area contributed by atoms with E-state index in [4.69, 9.17) is 0 Å². The number of fused-ring (bicyclic) bond motifs is 3. The number of benzene rings is 1. The molecule has 2 heteroatoms. The lowest BCUT2D eigenvalue weighted by Gasteiger charge is -1.87. The number of thiophene rings is 1. The van der Waals surface area contributed by atoms with E-state index in [1.807, 2.05) is 26.1 Å². The summed E-state index contributed by atoms with van der Waals surface area (Å²) in [6.07, 6.45) is 1.84. The van der Waals surface area contributed by atoms with Gasteiger partial charge >= 0.3 is 0 Å². The van der Waals surface area contributed by atoms with Crippen molar-refractivity contribution in [2.45, 2.75) is 13.8 Å². The molecule has 0 aliphatic rings. The van der Waals surface area contributed by atoms with Crippen LogP contribution in [-0.4, -0.2) is 4.98 Å². The van der Waals surface area contributed by atoms with Crippen LogP contribution in [0.25, 0.3) is 20.3 Å². The summed E-state index contributed by atoms with van der Waals surface area (Å²) in [5, 5.41) is 2.58. The molecule has 0 bridgehead atoms. The number of nitrogens with zero attached hydrogens (tertiary/aromatic N) is 1. The second-order valence-electron chi connectivity index (χ2n) is 2.95. The van der Waals surface area contributed by atoms with Crippen LogP contribution in [0.1, 0.15) is 13.8 Å². The first kappa shape index (κ1) is 10.1. The first-order valence-electron chi connectivity index (χ1n) is 5.17. The van der Waals surface area contributed by atoms with Gasteiger partial charge in [-0.1, -0.05) is 32.0 Å². The SMILES string of the molecule is CC.c1ccc2c(c1)sc1ncccc12. The molecule has 0 spiro atoms. The molecule has 76 valence electrons. The van der Waals surface area contributed by atoms with Gasteiger partial charge < -0.3 is 0 Å². The minimum atomic E-state index is 1.13. The molecular formula is C13H13NS. The van der Waals surface area contributed by atoms with Crippen LogP contribution < -0.4 is 0 Å². The summed E-state index contributed by atoms with van der Waals surface area (Å²) in [6.45, 7) is 4.00. The zero-order chi connectivity index (χ0) is 10.7. The van der Waals surface area contributed by atoms with Gasteiger partial charge in [-0.2, -0.15) is 0 Å². The molecule has 0 amide bonds. The van der Waals surface area contributed by atoms with E-state index >= 15 is 0 Å². The molecule has 0 aliphatic heterocycles. The van der Waals surface area contributed by atoms with E-state index in [-0.39, 0.29) is 0 Å². The van der Waals surface area contributed by atoms with E-state index in [1.54, 1.807) is 11.3 Å². The summed E-state index contributed by atoms with van der Waals surface area (Å²) >= 11 is 1.75. The maximum absolute atomic E-state index is 4.34. The number of hydrogen-bond donors (Lipinski definition) is 0. The first-order valence-corrected chi connectivity index (χ1v) is 5.99. The number of hydrogen-bond acceptors (Lipinski definition) is 2. The van der Waals surface area contributed by atoms with Crippen LogP contribution in [0.15, 0.2) is 42.6 Å². The van der Waals surface area contributed by atoms with Gasteiger partial charge in [-0.05, 0) is 18.2 Å². The highest BCUT2D eigenvalue weighted by Crippen LogP contribution is 2.31. The van der Waals surface area contributed by atoms with Gasteiger partial charge in [-0.25, -0.2) is 4.98 Å². The van der Waals surface area contributed by atoms with E-state index in [9.17, 15) is 0 Å². The Morgan fingerprint density at radius 1 is 0.933 bits per heavy atom. The van der Waals surface area contributed by atoms with Crippen LogP contribution in [0.3, 0.4) is 0 Å². The van der Waals surface area contributed by atoms with Crippen molar-refractivity contribution >= 4 is 31.6 Å². The van der Waals surface area contributed by atoms with Crippen LogP contribution in [0, 0.1) is 0 Å². The molecule has 3 rings (SSSR count). The second kappa shape index (κ2) is 4.41. The smallest absolute Gasteiger partial charge is 0.124 e. The van der Waals surface area contributed by atoms with Crippen LogP contribution in [0.5, 0.6) is 0 Å².